The Morgan fingerprint density at radius 1 is 1.22 bits per heavy atom. The molecule has 3 aromatic rings. The minimum absolute atomic E-state index is 0.130. The van der Waals surface area contributed by atoms with E-state index in [0.717, 1.165) is 6.42 Å². The number of amides is 1. The fourth-order valence-corrected chi connectivity index (χ4v) is 4.21. The number of halogens is 2. The predicted octanol–water partition coefficient (Wildman–Crippen LogP) is 3.09. The van der Waals surface area contributed by atoms with Gasteiger partial charge in [0.25, 0.3) is 0 Å². The Morgan fingerprint density at radius 3 is 2.78 bits per heavy atom. The number of carbonyl (C=O) groups is 1. The summed E-state index contributed by atoms with van der Waals surface area (Å²) >= 11 is 0. The van der Waals surface area contributed by atoms with Gasteiger partial charge < -0.3 is 14.8 Å². The molecular weight excluding hydrogens is 420 g/mol. The second kappa shape index (κ2) is 8.19. The Bertz CT molecular complexity index is 1160. The van der Waals surface area contributed by atoms with Crippen molar-refractivity contribution >= 4 is 11.6 Å². The van der Waals surface area contributed by atoms with Gasteiger partial charge in [0.2, 0.25) is 12.7 Å². The van der Waals surface area contributed by atoms with Crippen LogP contribution >= 0.6 is 0 Å². The van der Waals surface area contributed by atoms with Gasteiger partial charge in [0.15, 0.2) is 11.5 Å². The number of rotatable bonds is 5. The Morgan fingerprint density at radius 2 is 2.03 bits per heavy atom. The van der Waals surface area contributed by atoms with Gasteiger partial charge >= 0.3 is 0 Å². The van der Waals surface area contributed by atoms with Crippen LogP contribution in [-0.2, 0) is 18.4 Å². The third-order valence-corrected chi connectivity index (χ3v) is 5.79. The van der Waals surface area contributed by atoms with E-state index in [1.807, 2.05) is 4.90 Å². The molecule has 8 nitrogen and oxygen atoms in total. The molecule has 1 atom stereocenters. The zero-order valence-corrected chi connectivity index (χ0v) is 17.3. The molecule has 1 unspecified atom stereocenters. The number of anilines is 1. The quantitative estimate of drug-likeness (QED) is 0.656. The number of carbonyl (C=O) groups excluding carboxylic acids is 1. The predicted molar refractivity (Wildman–Crippen MR) is 111 cm³/mol. The lowest BCUT2D eigenvalue weighted by atomic mass is 10.1. The summed E-state index contributed by atoms with van der Waals surface area (Å²) in [6.07, 6.45) is 4.54. The van der Waals surface area contributed by atoms with Gasteiger partial charge in [-0.2, -0.15) is 5.10 Å². The molecule has 32 heavy (non-hydrogen) atoms. The Hall–Kier alpha value is -3.53. The number of aromatic nitrogens is 3. The SMILES string of the molecule is Cn1nccc1-c1cc(F)c(NC(=O)C2CCCN2Cc2nccc3c2OCO3)c(F)c1. The van der Waals surface area contributed by atoms with Crippen LogP contribution < -0.4 is 14.8 Å². The molecule has 0 bridgehead atoms. The molecule has 4 heterocycles. The fourth-order valence-electron chi connectivity index (χ4n) is 4.21. The number of nitrogens with zero attached hydrogens (tertiary/aromatic N) is 4. The number of hydrogen-bond acceptors (Lipinski definition) is 6. The smallest absolute Gasteiger partial charge is 0.241 e. The molecule has 1 aromatic carbocycles. The molecule has 1 saturated heterocycles. The van der Waals surface area contributed by atoms with Crippen molar-refractivity contribution in [2.75, 3.05) is 18.7 Å². The molecule has 10 heteroatoms. The van der Waals surface area contributed by atoms with E-state index in [9.17, 15) is 13.6 Å². The van der Waals surface area contributed by atoms with Gasteiger partial charge in [-0.1, -0.05) is 0 Å². The number of hydrogen-bond donors (Lipinski definition) is 1. The molecule has 0 saturated carbocycles. The topological polar surface area (TPSA) is 81.5 Å². The average molecular weight is 441 g/mol. The highest BCUT2D eigenvalue weighted by Gasteiger charge is 2.33. The van der Waals surface area contributed by atoms with Gasteiger partial charge in [-0.25, -0.2) is 8.78 Å². The Balaban J connectivity index is 1.33. The summed E-state index contributed by atoms with van der Waals surface area (Å²) in [4.78, 5) is 19.2. The maximum atomic E-state index is 14.7. The van der Waals surface area contributed by atoms with Crippen molar-refractivity contribution in [1.82, 2.24) is 19.7 Å². The van der Waals surface area contributed by atoms with Crippen LogP contribution in [0.2, 0.25) is 0 Å². The van der Waals surface area contributed by atoms with E-state index in [4.69, 9.17) is 9.47 Å². The van der Waals surface area contributed by atoms with Crippen molar-refractivity contribution in [1.29, 1.82) is 0 Å². The number of likely N-dealkylation sites (tertiary alicyclic amines) is 1. The second-order valence-corrected chi connectivity index (χ2v) is 7.76. The van der Waals surface area contributed by atoms with Crippen molar-refractivity contribution in [2.24, 2.45) is 7.05 Å². The molecule has 5 rings (SSSR count). The second-order valence-electron chi connectivity index (χ2n) is 7.76. The number of aryl methyl sites for hydroxylation is 1. The van der Waals surface area contributed by atoms with Crippen LogP contribution in [0.3, 0.4) is 0 Å². The van der Waals surface area contributed by atoms with E-state index < -0.39 is 29.3 Å². The first-order valence-corrected chi connectivity index (χ1v) is 10.3. The summed E-state index contributed by atoms with van der Waals surface area (Å²) < 4.78 is 41.9. The standard InChI is InChI=1S/C22H21F2N5O3/c1-28-17(4-7-26-28)13-9-14(23)20(15(24)10-13)27-22(30)18-3-2-8-29(18)11-16-21-19(5-6-25-16)31-12-32-21/h4-7,9-10,18H,2-3,8,11-12H2,1H3,(H,27,30). The minimum atomic E-state index is -0.841. The van der Waals surface area contributed by atoms with E-state index in [0.29, 0.717) is 48.0 Å². The number of benzene rings is 1. The molecule has 2 aliphatic heterocycles. The van der Waals surface area contributed by atoms with E-state index in [1.165, 1.54) is 16.8 Å². The number of fused-ring (bicyclic) bond motifs is 1. The van der Waals surface area contributed by atoms with Gasteiger partial charge in [0, 0.05) is 37.6 Å². The van der Waals surface area contributed by atoms with Crippen LogP contribution in [0.15, 0.2) is 36.7 Å². The highest BCUT2D eigenvalue weighted by Crippen LogP contribution is 2.36. The summed E-state index contributed by atoms with van der Waals surface area (Å²) in [6.45, 7) is 1.16. The first kappa shape index (κ1) is 20.4. The molecule has 166 valence electrons. The number of ether oxygens (including phenoxy) is 2. The van der Waals surface area contributed by atoms with E-state index in [-0.39, 0.29) is 6.79 Å². The maximum absolute atomic E-state index is 14.7. The third kappa shape index (κ3) is 3.66. The molecular formula is C22H21F2N5O3. The molecule has 2 aromatic heterocycles. The first-order chi connectivity index (χ1) is 15.5. The molecule has 2 aliphatic rings. The van der Waals surface area contributed by atoms with Gasteiger partial charge in [0.05, 0.1) is 11.7 Å². The normalized spacial score (nSPS) is 17.7. The highest BCUT2D eigenvalue weighted by atomic mass is 19.1. The molecule has 1 N–H and O–H groups in total. The summed E-state index contributed by atoms with van der Waals surface area (Å²) in [7, 11) is 1.68. The van der Waals surface area contributed by atoms with Crippen LogP contribution in [-0.4, -0.2) is 45.0 Å². The zero-order valence-electron chi connectivity index (χ0n) is 17.3. The van der Waals surface area contributed by atoms with Gasteiger partial charge in [-0.3, -0.25) is 19.4 Å². The maximum Gasteiger partial charge on any atom is 0.241 e. The van der Waals surface area contributed by atoms with Crippen LogP contribution in [0.5, 0.6) is 11.5 Å². The third-order valence-electron chi connectivity index (χ3n) is 5.79. The summed E-state index contributed by atoms with van der Waals surface area (Å²) in [6, 6.07) is 5.23. The van der Waals surface area contributed by atoms with Crippen LogP contribution in [0.1, 0.15) is 18.5 Å². The van der Waals surface area contributed by atoms with Crippen LogP contribution in [0.4, 0.5) is 14.5 Å². The Kier molecular flexibility index (Phi) is 5.22. The monoisotopic (exact) mass is 441 g/mol. The fraction of sp³-hybridized carbons (Fsp3) is 0.318. The van der Waals surface area contributed by atoms with Crippen molar-refractivity contribution < 1.29 is 23.0 Å². The first-order valence-electron chi connectivity index (χ1n) is 10.3. The zero-order chi connectivity index (χ0) is 22.2. The Labute approximate surface area is 182 Å². The van der Waals surface area contributed by atoms with Crippen molar-refractivity contribution in [3.05, 3.63) is 54.0 Å². The molecule has 0 aliphatic carbocycles. The summed E-state index contributed by atoms with van der Waals surface area (Å²) in [5.41, 5.74) is 1.12. The highest BCUT2D eigenvalue weighted by molar-refractivity contribution is 5.95. The average Bonchev–Trinajstić information content (AvgIpc) is 3.51. The van der Waals surface area contributed by atoms with Gasteiger partial charge in [-0.15, -0.1) is 0 Å². The molecule has 1 amide bonds. The molecule has 1 fully saturated rings. The van der Waals surface area contributed by atoms with Gasteiger partial charge in [-0.05, 0) is 37.6 Å². The lowest BCUT2D eigenvalue weighted by Gasteiger charge is -2.24. The lowest BCUT2D eigenvalue weighted by Crippen LogP contribution is -2.39. The largest absolute Gasteiger partial charge is 0.453 e. The summed E-state index contributed by atoms with van der Waals surface area (Å²) in [5.74, 6) is -0.952. The van der Waals surface area contributed by atoms with E-state index in [2.05, 4.69) is 15.4 Å². The van der Waals surface area contributed by atoms with E-state index in [1.54, 1.807) is 31.6 Å². The number of pyridine rings is 1. The van der Waals surface area contributed by atoms with Crippen LogP contribution in [0, 0.1) is 11.6 Å². The van der Waals surface area contributed by atoms with Crippen molar-refractivity contribution in [2.45, 2.75) is 25.4 Å². The van der Waals surface area contributed by atoms with Crippen molar-refractivity contribution in [3.63, 3.8) is 0 Å². The lowest BCUT2D eigenvalue weighted by molar-refractivity contribution is -0.120. The van der Waals surface area contributed by atoms with Crippen molar-refractivity contribution in [3.8, 4) is 22.8 Å². The molecule has 0 radical (unpaired) electrons. The van der Waals surface area contributed by atoms with E-state index >= 15 is 0 Å². The van der Waals surface area contributed by atoms with Crippen LogP contribution in [0.25, 0.3) is 11.3 Å². The minimum Gasteiger partial charge on any atom is -0.453 e. The number of nitrogens with one attached hydrogen (secondary N) is 1. The summed E-state index contributed by atoms with van der Waals surface area (Å²) in [5, 5.41) is 6.46. The van der Waals surface area contributed by atoms with Gasteiger partial charge in [0.1, 0.15) is 23.0 Å². The molecule has 0 spiro atoms.